The number of rotatable bonds is 6. The van der Waals surface area contributed by atoms with Crippen molar-refractivity contribution in [2.75, 3.05) is 19.4 Å². The van der Waals surface area contributed by atoms with E-state index in [1.807, 2.05) is 31.2 Å². The number of nitrogens with two attached hydrogens (primary N) is 1. The molecule has 2 aromatic heterocycles. The lowest BCUT2D eigenvalue weighted by atomic mass is 10.1. The SMILES string of the molecule is CCOc1ccc2nc(-c3ccc(N)c(C=NC)c3)c(=O)n(-c3ccc(C4CC4)cc3)c2n1. The summed E-state index contributed by atoms with van der Waals surface area (Å²) in [5.74, 6) is 1.09. The number of nitrogen functional groups attached to an aromatic ring is 1. The molecule has 0 bridgehead atoms. The summed E-state index contributed by atoms with van der Waals surface area (Å²) in [7, 11) is 1.68. The first-order chi connectivity index (χ1) is 16.1. The molecule has 7 heteroatoms. The van der Waals surface area contributed by atoms with Crippen molar-refractivity contribution in [3.63, 3.8) is 0 Å². The minimum absolute atomic E-state index is 0.257. The molecule has 0 saturated heterocycles. The summed E-state index contributed by atoms with van der Waals surface area (Å²) in [6, 6.07) is 17.1. The van der Waals surface area contributed by atoms with Gasteiger partial charge in [0.05, 0.1) is 12.3 Å². The highest BCUT2D eigenvalue weighted by atomic mass is 16.5. The van der Waals surface area contributed by atoms with Gasteiger partial charge in [-0.25, -0.2) is 4.98 Å². The normalized spacial score (nSPS) is 13.6. The summed E-state index contributed by atoms with van der Waals surface area (Å²) in [6.07, 6.45) is 4.12. The van der Waals surface area contributed by atoms with Crippen LogP contribution in [-0.4, -0.2) is 34.4 Å². The van der Waals surface area contributed by atoms with Crippen molar-refractivity contribution in [1.29, 1.82) is 0 Å². The van der Waals surface area contributed by atoms with E-state index in [9.17, 15) is 4.79 Å². The van der Waals surface area contributed by atoms with Crippen LogP contribution in [0.3, 0.4) is 0 Å². The van der Waals surface area contributed by atoms with E-state index in [1.165, 1.54) is 18.4 Å². The Bertz CT molecular complexity index is 1420. The van der Waals surface area contributed by atoms with Gasteiger partial charge in [0.2, 0.25) is 5.88 Å². The lowest BCUT2D eigenvalue weighted by molar-refractivity contribution is 0.328. The molecule has 1 aliphatic rings. The quantitative estimate of drug-likeness (QED) is 0.356. The van der Waals surface area contributed by atoms with Crippen molar-refractivity contribution in [2.45, 2.75) is 25.7 Å². The molecule has 0 atom stereocenters. The number of fused-ring (bicyclic) bond motifs is 1. The maximum Gasteiger partial charge on any atom is 0.283 e. The van der Waals surface area contributed by atoms with Gasteiger partial charge in [-0.2, -0.15) is 4.98 Å². The second-order valence-corrected chi connectivity index (χ2v) is 8.12. The van der Waals surface area contributed by atoms with Gasteiger partial charge in [0.15, 0.2) is 5.65 Å². The molecule has 0 aliphatic heterocycles. The highest BCUT2D eigenvalue weighted by molar-refractivity contribution is 5.89. The van der Waals surface area contributed by atoms with E-state index in [2.05, 4.69) is 27.1 Å². The van der Waals surface area contributed by atoms with Crippen molar-refractivity contribution in [3.05, 3.63) is 76.1 Å². The third kappa shape index (κ3) is 3.98. The van der Waals surface area contributed by atoms with Gasteiger partial charge in [-0.3, -0.25) is 14.4 Å². The van der Waals surface area contributed by atoms with Gasteiger partial charge in [-0.05, 0) is 61.6 Å². The molecule has 2 N–H and O–H groups in total. The molecule has 2 heterocycles. The maximum absolute atomic E-state index is 13.8. The van der Waals surface area contributed by atoms with Gasteiger partial charge in [-0.15, -0.1) is 0 Å². The van der Waals surface area contributed by atoms with Crippen LogP contribution in [0.1, 0.15) is 36.8 Å². The van der Waals surface area contributed by atoms with Crippen LogP contribution in [0.5, 0.6) is 5.88 Å². The number of aliphatic imine (C=N–C) groups is 1. The second-order valence-electron chi connectivity index (χ2n) is 8.12. The molecule has 4 aromatic rings. The highest BCUT2D eigenvalue weighted by Gasteiger charge is 2.23. The summed E-state index contributed by atoms with van der Waals surface area (Å²) in [6.45, 7) is 2.38. The van der Waals surface area contributed by atoms with Crippen molar-refractivity contribution in [1.82, 2.24) is 14.5 Å². The zero-order valence-corrected chi connectivity index (χ0v) is 18.7. The van der Waals surface area contributed by atoms with Crippen molar-refractivity contribution >= 4 is 23.1 Å². The van der Waals surface area contributed by atoms with E-state index in [0.717, 1.165) is 11.3 Å². The topological polar surface area (TPSA) is 95.4 Å². The van der Waals surface area contributed by atoms with Gasteiger partial charge in [0.1, 0.15) is 11.2 Å². The minimum atomic E-state index is -0.257. The number of nitrogens with zero attached hydrogens (tertiary/aromatic N) is 4. The number of benzene rings is 2. The van der Waals surface area contributed by atoms with Crippen molar-refractivity contribution in [3.8, 4) is 22.8 Å². The molecular weight excluding hydrogens is 414 g/mol. The van der Waals surface area contributed by atoms with Gasteiger partial charge < -0.3 is 10.5 Å². The van der Waals surface area contributed by atoms with Gasteiger partial charge in [0.25, 0.3) is 5.56 Å². The monoisotopic (exact) mass is 439 g/mol. The maximum atomic E-state index is 13.8. The smallest absolute Gasteiger partial charge is 0.283 e. The van der Waals surface area contributed by atoms with Crippen LogP contribution in [0.2, 0.25) is 0 Å². The van der Waals surface area contributed by atoms with Crippen LogP contribution in [-0.2, 0) is 0 Å². The zero-order valence-electron chi connectivity index (χ0n) is 18.7. The average molecular weight is 440 g/mol. The van der Waals surface area contributed by atoms with Crippen LogP contribution in [0, 0.1) is 0 Å². The fraction of sp³-hybridized carbons (Fsp3) is 0.231. The number of pyridine rings is 1. The summed E-state index contributed by atoms with van der Waals surface area (Å²) < 4.78 is 7.20. The Labute approximate surface area is 191 Å². The van der Waals surface area contributed by atoms with Gasteiger partial charge >= 0.3 is 0 Å². The third-order valence-corrected chi connectivity index (χ3v) is 5.80. The Kier molecular flexibility index (Phi) is 5.38. The lowest BCUT2D eigenvalue weighted by Gasteiger charge is -2.14. The summed E-state index contributed by atoms with van der Waals surface area (Å²) >= 11 is 0. The average Bonchev–Trinajstić information content (AvgIpc) is 3.67. The fourth-order valence-corrected chi connectivity index (χ4v) is 3.99. The van der Waals surface area contributed by atoms with Crippen LogP contribution >= 0.6 is 0 Å². The van der Waals surface area contributed by atoms with Crippen LogP contribution in [0.4, 0.5) is 5.69 Å². The Morgan fingerprint density at radius 2 is 1.91 bits per heavy atom. The minimum Gasteiger partial charge on any atom is -0.478 e. The molecule has 1 aliphatic carbocycles. The predicted octanol–water partition coefficient (Wildman–Crippen LogP) is 4.35. The van der Waals surface area contributed by atoms with E-state index in [0.29, 0.717) is 46.5 Å². The molecule has 166 valence electrons. The molecule has 0 radical (unpaired) electrons. The molecule has 7 nitrogen and oxygen atoms in total. The van der Waals surface area contributed by atoms with E-state index in [1.54, 1.807) is 36.0 Å². The van der Waals surface area contributed by atoms with Gasteiger partial charge in [0, 0.05) is 36.1 Å². The fourth-order valence-electron chi connectivity index (χ4n) is 3.99. The van der Waals surface area contributed by atoms with E-state index < -0.39 is 0 Å². The first-order valence-electron chi connectivity index (χ1n) is 11.1. The summed E-state index contributed by atoms with van der Waals surface area (Å²) in [5.41, 5.74) is 11.2. The molecule has 1 fully saturated rings. The molecule has 0 unspecified atom stereocenters. The number of hydrogen-bond acceptors (Lipinski definition) is 6. The van der Waals surface area contributed by atoms with Gasteiger partial charge in [-0.1, -0.05) is 18.2 Å². The Hall–Kier alpha value is -4.00. The van der Waals surface area contributed by atoms with Crippen molar-refractivity contribution < 1.29 is 4.74 Å². The summed E-state index contributed by atoms with van der Waals surface area (Å²) in [4.78, 5) is 27.1. The van der Waals surface area contributed by atoms with Crippen LogP contribution in [0.25, 0.3) is 28.1 Å². The highest BCUT2D eigenvalue weighted by Crippen LogP contribution is 2.40. The van der Waals surface area contributed by atoms with Crippen LogP contribution < -0.4 is 16.0 Å². The molecular formula is C26H25N5O2. The Morgan fingerprint density at radius 3 is 2.61 bits per heavy atom. The van der Waals surface area contributed by atoms with E-state index >= 15 is 0 Å². The number of aromatic nitrogens is 3. The number of hydrogen-bond donors (Lipinski definition) is 1. The number of anilines is 1. The molecule has 0 spiro atoms. The predicted molar refractivity (Wildman–Crippen MR) is 132 cm³/mol. The molecule has 0 amide bonds. The molecule has 33 heavy (non-hydrogen) atoms. The number of ether oxygens (including phenoxy) is 1. The Morgan fingerprint density at radius 1 is 1.12 bits per heavy atom. The van der Waals surface area contributed by atoms with Crippen molar-refractivity contribution in [2.24, 2.45) is 4.99 Å². The Balaban J connectivity index is 1.75. The molecule has 2 aromatic carbocycles. The van der Waals surface area contributed by atoms with E-state index in [-0.39, 0.29) is 5.56 Å². The van der Waals surface area contributed by atoms with Crippen LogP contribution in [0.15, 0.2) is 64.4 Å². The van der Waals surface area contributed by atoms with E-state index in [4.69, 9.17) is 10.5 Å². The summed E-state index contributed by atoms with van der Waals surface area (Å²) in [5, 5.41) is 0. The lowest BCUT2D eigenvalue weighted by Crippen LogP contribution is -2.23. The third-order valence-electron chi connectivity index (χ3n) is 5.80. The zero-order chi connectivity index (χ0) is 22.9. The largest absolute Gasteiger partial charge is 0.478 e. The standard InChI is InChI=1S/C26H25N5O2/c1-3-33-23-13-12-22-25(30-23)31(20-9-6-17(7-10-20)16-4-5-16)26(32)24(29-22)18-8-11-21(27)19(14-18)15-28-2/h6-16H,3-5,27H2,1-2H3. The first kappa shape index (κ1) is 20.9. The molecule has 1 saturated carbocycles. The first-order valence-corrected chi connectivity index (χ1v) is 11.1. The molecule has 5 rings (SSSR count). The second kappa shape index (κ2) is 8.50.